The molecule has 0 radical (unpaired) electrons. The van der Waals surface area contributed by atoms with E-state index in [0.717, 1.165) is 25.4 Å². The van der Waals surface area contributed by atoms with Gasteiger partial charge in [-0.3, -0.25) is 4.79 Å². The van der Waals surface area contributed by atoms with Gasteiger partial charge in [0, 0.05) is 13.0 Å². The Morgan fingerprint density at radius 2 is 1.59 bits per heavy atom. The predicted octanol–water partition coefficient (Wildman–Crippen LogP) is 7.16. The molecule has 1 fully saturated rings. The van der Waals surface area contributed by atoms with E-state index in [2.05, 4.69) is 55.4 Å². The largest absolute Gasteiger partial charge is 0.416 e. The minimum absolute atomic E-state index is 0.356. The lowest BCUT2D eigenvalue weighted by atomic mass is 9.66. The van der Waals surface area contributed by atoms with Crippen LogP contribution in [0.2, 0.25) is 16.6 Å². The third-order valence-electron chi connectivity index (χ3n) is 7.73. The van der Waals surface area contributed by atoms with Crippen LogP contribution in [0, 0.1) is 23.7 Å². The molecule has 2 rings (SSSR count). The first-order chi connectivity index (χ1) is 12.6. The van der Waals surface area contributed by atoms with Crippen molar-refractivity contribution in [1.82, 2.24) is 0 Å². The Hall–Kier alpha value is -0.413. The molecule has 4 atom stereocenters. The van der Waals surface area contributed by atoms with Gasteiger partial charge >= 0.3 is 0 Å². The number of ketones is 1. The van der Waals surface area contributed by atoms with Crippen LogP contribution in [0.5, 0.6) is 0 Å². The van der Waals surface area contributed by atoms with Gasteiger partial charge in [0.1, 0.15) is 0 Å². The van der Waals surface area contributed by atoms with Crippen LogP contribution in [-0.4, -0.2) is 20.7 Å². The lowest BCUT2D eigenvalue weighted by Gasteiger charge is -2.44. The molecule has 3 heteroatoms. The third kappa shape index (κ3) is 4.78. The summed E-state index contributed by atoms with van der Waals surface area (Å²) in [5.41, 5.74) is 3.35. The number of hydrogen-bond acceptors (Lipinski definition) is 2. The molecule has 156 valence electrons. The van der Waals surface area contributed by atoms with Gasteiger partial charge in [-0.1, -0.05) is 61.0 Å². The molecule has 0 aromatic rings. The van der Waals surface area contributed by atoms with Crippen molar-refractivity contribution in [3.63, 3.8) is 0 Å². The molecule has 0 bridgehead atoms. The fourth-order valence-electron chi connectivity index (χ4n) is 6.34. The smallest absolute Gasteiger partial charge is 0.200 e. The van der Waals surface area contributed by atoms with Crippen molar-refractivity contribution < 1.29 is 9.22 Å². The molecule has 2 aliphatic carbocycles. The Morgan fingerprint density at radius 3 is 2.15 bits per heavy atom. The molecule has 0 unspecified atom stereocenters. The summed E-state index contributed by atoms with van der Waals surface area (Å²) >= 11 is 0. The van der Waals surface area contributed by atoms with Crippen molar-refractivity contribution in [2.24, 2.45) is 23.7 Å². The highest BCUT2D eigenvalue weighted by Gasteiger charge is 2.46. The predicted molar refractivity (Wildman–Crippen MR) is 118 cm³/mol. The van der Waals surface area contributed by atoms with E-state index in [9.17, 15) is 4.79 Å². The average Bonchev–Trinajstić information content (AvgIpc) is 2.76. The Bertz CT molecular complexity index is 513. The first-order valence-corrected chi connectivity index (χ1v) is 13.6. The summed E-state index contributed by atoms with van der Waals surface area (Å²) in [6.07, 6.45) is 7.58. The monoisotopic (exact) mass is 392 g/mol. The quantitative estimate of drug-likeness (QED) is 0.430. The van der Waals surface area contributed by atoms with Crippen LogP contribution >= 0.6 is 0 Å². The first-order valence-electron chi connectivity index (χ1n) is 11.5. The molecule has 2 aliphatic rings. The van der Waals surface area contributed by atoms with E-state index in [1.54, 1.807) is 0 Å². The van der Waals surface area contributed by atoms with Crippen LogP contribution in [0.15, 0.2) is 11.6 Å². The van der Waals surface area contributed by atoms with Gasteiger partial charge < -0.3 is 4.43 Å². The van der Waals surface area contributed by atoms with Crippen LogP contribution in [0.4, 0.5) is 0 Å². The summed E-state index contributed by atoms with van der Waals surface area (Å²) < 4.78 is 6.92. The Morgan fingerprint density at radius 1 is 1.00 bits per heavy atom. The second kappa shape index (κ2) is 9.39. The molecule has 2 nitrogen and oxygen atoms in total. The van der Waals surface area contributed by atoms with E-state index in [-0.39, 0.29) is 0 Å². The van der Waals surface area contributed by atoms with Gasteiger partial charge in [-0.25, -0.2) is 0 Å². The second-order valence-electron chi connectivity index (χ2n) is 10.4. The van der Waals surface area contributed by atoms with Crippen molar-refractivity contribution in [2.75, 3.05) is 6.61 Å². The minimum atomic E-state index is -1.82. The van der Waals surface area contributed by atoms with Gasteiger partial charge in [-0.15, -0.1) is 0 Å². The van der Waals surface area contributed by atoms with Gasteiger partial charge in [0.15, 0.2) is 14.1 Å². The maximum Gasteiger partial charge on any atom is 0.200 e. The third-order valence-corrected chi connectivity index (χ3v) is 13.8. The van der Waals surface area contributed by atoms with E-state index in [1.165, 1.54) is 24.8 Å². The standard InChI is InChI=1S/C24H44O2Si/c1-16(2)27(17(3)4,18(5)6)26-15-20(8)23-13-12-19(7)22-11-9-10-21(25)14-24(22)23/h14,16-20,22-23H,9-13,15H2,1-8H3/t19-,20+,22+,23+/m1/s1. The highest BCUT2D eigenvalue weighted by Crippen LogP contribution is 2.47. The molecule has 0 amide bonds. The van der Waals surface area contributed by atoms with E-state index >= 15 is 0 Å². The fraction of sp³-hybridized carbons (Fsp3) is 0.875. The molecule has 0 aromatic carbocycles. The molecular weight excluding hydrogens is 348 g/mol. The summed E-state index contributed by atoms with van der Waals surface area (Å²) in [7, 11) is -1.82. The van der Waals surface area contributed by atoms with Gasteiger partial charge in [0.25, 0.3) is 0 Å². The minimum Gasteiger partial charge on any atom is -0.416 e. The molecule has 0 aliphatic heterocycles. The number of carbonyl (C=O) groups is 1. The maximum atomic E-state index is 12.3. The van der Waals surface area contributed by atoms with Crippen LogP contribution < -0.4 is 0 Å². The molecular formula is C24H44O2Si. The van der Waals surface area contributed by atoms with E-state index in [4.69, 9.17) is 4.43 Å². The number of allylic oxidation sites excluding steroid dienone is 2. The van der Waals surface area contributed by atoms with Crippen molar-refractivity contribution >= 4 is 14.1 Å². The van der Waals surface area contributed by atoms with Crippen LogP contribution in [0.3, 0.4) is 0 Å². The van der Waals surface area contributed by atoms with Crippen LogP contribution in [0.1, 0.15) is 87.5 Å². The van der Waals surface area contributed by atoms with E-state index in [0.29, 0.717) is 40.2 Å². The highest BCUT2D eigenvalue weighted by molar-refractivity contribution is 6.77. The summed E-state index contributed by atoms with van der Waals surface area (Å²) in [5.74, 6) is 2.74. The Balaban J connectivity index is 2.18. The SMILES string of the molecule is CC(C)[Si](OC[C@H](C)[C@@H]1CC[C@@H](C)[C@@H]2CCCC(=O)C=C21)(C(C)C)C(C)C. The van der Waals surface area contributed by atoms with Gasteiger partial charge in [0.2, 0.25) is 0 Å². The number of hydrogen-bond donors (Lipinski definition) is 0. The zero-order valence-corrected chi connectivity index (χ0v) is 20.2. The normalized spacial score (nSPS) is 28.3. The Labute approximate surface area is 169 Å². The zero-order chi connectivity index (χ0) is 20.4. The van der Waals surface area contributed by atoms with Crippen LogP contribution in [0.25, 0.3) is 0 Å². The van der Waals surface area contributed by atoms with Gasteiger partial charge in [-0.2, -0.15) is 0 Å². The van der Waals surface area contributed by atoms with Gasteiger partial charge in [0.05, 0.1) is 0 Å². The molecule has 0 aromatic heterocycles. The number of fused-ring (bicyclic) bond motifs is 1. The topological polar surface area (TPSA) is 26.3 Å². The van der Waals surface area contributed by atoms with Crippen molar-refractivity contribution in [3.8, 4) is 0 Å². The van der Waals surface area contributed by atoms with Gasteiger partial charge in [-0.05, 0) is 72.1 Å². The molecule has 0 N–H and O–H groups in total. The fourth-order valence-corrected chi connectivity index (χ4v) is 11.9. The summed E-state index contributed by atoms with van der Waals surface area (Å²) in [5, 5.41) is 0. The molecule has 0 heterocycles. The second-order valence-corrected chi connectivity index (χ2v) is 15.8. The molecule has 27 heavy (non-hydrogen) atoms. The molecule has 1 saturated carbocycles. The van der Waals surface area contributed by atoms with E-state index < -0.39 is 8.32 Å². The summed E-state index contributed by atoms with van der Waals surface area (Å²) in [6.45, 7) is 19.8. The Kier molecular flexibility index (Phi) is 7.95. The maximum absolute atomic E-state index is 12.3. The summed E-state index contributed by atoms with van der Waals surface area (Å²) in [6, 6.07) is 0. The van der Waals surface area contributed by atoms with E-state index in [1.807, 2.05) is 6.08 Å². The zero-order valence-electron chi connectivity index (χ0n) is 19.2. The van der Waals surface area contributed by atoms with Crippen LogP contribution in [-0.2, 0) is 9.22 Å². The van der Waals surface area contributed by atoms with Crippen molar-refractivity contribution in [1.29, 1.82) is 0 Å². The summed E-state index contributed by atoms with van der Waals surface area (Å²) in [4.78, 5) is 12.3. The number of rotatable bonds is 7. The average molecular weight is 393 g/mol. The molecule has 0 spiro atoms. The molecule has 0 saturated heterocycles. The highest BCUT2D eigenvalue weighted by atomic mass is 28.4. The van der Waals surface area contributed by atoms with Crippen molar-refractivity contribution in [3.05, 3.63) is 11.6 Å². The first kappa shape index (κ1) is 22.9. The number of carbonyl (C=O) groups excluding carboxylic acids is 1. The van der Waals surface area contributed by atoms with Crippen molar-refractivity contribution in [2.45, 2.75) is 104 Å². The lowest BCUT2D eigenvalue weighted by Crippen LogP contribution is -2.49. The lowest BCUT2D eigenvalue weighted by molar-refractivity contribution is -0.114.